The summed E-state index contributed by atoms with van der Waals surface area (Å²) in [5.41, 5.74) is 5.17. The van der Waals surface area contributed by atoms with E-state index in [1.54, 1.807) is 17.1 Å². The minimum Gasteiger partial charge on any atom is -0.553 e. The first-order valence-electron chi connectivity index (χ1n) is 7.12. The van der Waals surface area contributed by atoms with Gasteiger partial charge in [-0.25, -0.2) is 5.01 Å². The molecule has 0 fully saturated rings. The van der Waals surface area contributed by atoms with Crippen LogP contribution >= 0.6 is 36.4 Å². The molecule has 0 atom stereocenters. The molecule has 24 heavy (non-hydrogen) atoms. The summed E-state index contributed by atoms with van der Waals surface area (Å²) in [5.74, 6) is 0.374. The smallest absolute Gasteiger partial charge is 0.553 e. The summed E-state index contributed by atoms with van der Waals surface area (Å²) in [5, 5.41) is 4.08. The zero-order chi connectivity index (χ0) is 18.0. The average Bonchev–Trinajstić information content (AvgIpc) is 2.51. The monoisotopic (exact) mass is 399 g/mol. The van der Waals surface area contributed by atoms with E-state index in [4.69, 9.17) is 22.1 Å². The van der Waals surface area contributed by atoms with Crippen LogP contribution in [0.25, 0.3) is 0 Å². The minimum atomic E-state index is -0.112. The molecule has 9 heteroatoms. The van der Waals surface area contributed by atoms with Gasteiger partial charge in [-0.3, -0.25) is 9.80 Å². The second-order valence-corrected chi connectivity index (χ2v) is 5.89. The summed E-state index contributed by atoms with van der Waals surface area (Å²) in [6, 6.07) is 6.00. The van der Waals surface area contributed by atoms with Crippen molar-refractivity contribution >= 4 is 46.7 Å². The predicted molar refractivity (Wildman–Crippen MR) is 102 cm³/mol. The van der Waals surface area contributed by atoms with E-state index < -0.39 is 0 Å². The van der Waals surface area contributed by atoms with Crippen molar-refractivity contribution in [3.63, 3.8) is 0 Å². The van der Waals surface area contributed by atoms with Gasteiger partial charge in [0.2, 0.25) is 5.91 Å². The molecule has 0 heterocycles. The molecule has 0 saturated carbocycles. The number of methoxy groups -OCH3 is 1. The van der Waals surface area contributed by atoms with Crippen molar-refractivity contribution in [1.29, 1.82) is 0 Å². The molecule has 0 aromatic heterocycles. The quantitative estimate of drug-likeness (QED) is 0.232. The average molecular weight is 400 g/mol. The number of benzene rings is 1. The van der Waals surface area contributed by atoms with Crippen LogP contribution in [0.1, 0.15) is 31.1 Å². The van der Waals surface area contributed by atoms with E-state index >= 15 is 0 Å². The molecule has 0 radical (unpaired) electrons. The number of ether oxygens (including phenoxy) is 1. The maximum atomic E-state index is 12.6. The van der Waals surface area contributed by atoms with Gasteiger partial charge in [-0.15, -0.1) is 36.4 Å². The molecule has 130 valence electrons. The van der Waals surface area contributed by atoms with Crippen LogP contribution in [0.15, 0.2) is 12.1 Å². The first-order valence-corrected chi connectivity index (χ1v) is 8.35. The van der Waals surface area contributed by atoms with Gasteiger partial charge in [-0.05, 0) is 12.5 Å². The summed E-state index contributed by atoms with van der Waals surface area (Å²) in [6.07, 6.45) is 0. The van der Waals surface area contributed by atoms with Crippen LogP contribution in [0.3, 0.4) is 0 Å². The molecule has 2 N–H and O–H groups in total. The van der Waals surface area contributed by atoms with Crippen molar-refractivity contribution in [2.24, 2.45) is 5.73 Å². The zero-order valence-corrected chi connectivity index (χ0v) is 19.3. The van der Waals surface area contributed by atoms with Crippen LogP contribution in [-0.4, -0.2) is 47.0 Å². The Bertz CT molecular complexity index is 527. The molecule has 0 aliphatic carbocycles. The van der Waals surface area contributed by atoms with E-state index in [1.165, 1.54) is 7.11 Å². The Kier molecular flexibility index (Phi) is 15.5. The molecule has 0 aliphatic heterocycles. The maximum Gasteiger partial charge on any atom is 1.00 e. The Hall–Kier alpha value is -0.0200. The number of carbonyl (C=O) groups is 1. The SMILES string of the molecule is CCN(CC)N(CC)C(=O)c1cc(Cl)[c-]cc1OC.NC(=S)S.[Na+]. The van der Waals surface area contributed by atoms with E-state index in [2.05, 4.69) is 30.9 Å². The summed E-state index contributed by atoms with van der Waals surface area (Å²) in [4.78, 5) is 12.6. The Morgan fingerprint density at radius 1 is 1.38 bits per heavy atom. The Balaban J connectivity index is 0. The van der Waals surface area contributed by atoms with E-state index in [1.807, 2.05) is 25.8 Å². The van der Waals surface area contributed by atoms with Crippen LogP contribution in [0.5, 0.6) is 5.75 Å². The van der Waals surface area contributed by atoms with Gasteiger partial charge >= 0.3 is 29.6 Å². The fraction of sp³-hybridized carbons (Fsp3) is 0.467. The largest absolute Gasteiger partial charge is 1.00 e. The van der Waals surface area contributed by atoms with Crippen molar-refractivity contribution in [3.8, 4) is 5.75 Å². The van der Waals surface area contributed by atoms with Crippen molar-refractivity contribution in [2.75, 3.05) is 26.7 Å². The van der Waals surface area contributed by atoms with Gasteiger partial charge in [-0.2, -0.15) is 6.07 Å². The third kappa shape index (κ3) is 8.89. The number of thiocarbonyl (C=S) groups is 1. The number of hydrogen-bond acceptors (Lipinski definition) is 4. The maximum absolute atomic E-state index is 12.6. The van der Waals surface area contributed by atoms with Crippen molar-refractivity contribution in [3.05, 3.63) is 28.8 Å². The molecule has 0 spiro atoms. The van der Waals surface area contributed by atoms with Gasteiger partial charge in [0.05, 0.1) is 7.11 Å². The van der Waals surface area contributed by atoms with Crippen LogP contribution in [0.2, 0.25) is 5.02 Å². The molecule has 1 aromatic carbocycles. The Morgan fingerprint density at radius 2 is 1.88 bits per heavy atom. The van der Waals surface area contributed by atoms with Gasteiger partial charge in [0.1, 0.15) is 4.32 Å². The van der Waals surface area contributed by atoms with Crippen LogP contribution < -0.4 is 40.0 Å². The van der Waals surface area contributed by atoms with Crippen LogP contribution in [0.4, 0.5) is 0 Å². The third-order valence-electron chi connectivity index (χ3n) is 2.93. The first kappa shape index (κ1) is 26.2. The number of halogens is 1. The number of rotatable bonds is 6. The van der Waals surface area contributed by atoms with Gasteiger partial charge in [0.25, 0.3) is 0 Å². The fourth-order valence-corrected chi connectivity index (χ4v) is 2.13. The molecule has 0 bridgehead atoms. The zero-order valence-electron chi connectivity index (χ0n) is 14.8. The number of nitrogens with two attached hydrogens (primary N) is 1. The normalized spacial score (nSPS) is 9.46. The van der Waals surface area contributed by atoms with E-state index in [9.17, 15) is 4.79 Å². The molecule has 0 aliphatic rings. The standard InChI is InChI=1S/C14H20ClN2O2.CH3NS2.Na/c1-5-16(6-2)17(7-3)14(18)12-10-11(15)8-9-13(12)19-4;2-1(3)4;/h9-10H,5-7H2,1-4H3;(H3,2,3,4);/q-1;;+1. The van der Waals surface area contributed by atoms with E-state index in [0.29, 0.717) is 22.9 Å². The summed E-state index contributed by atoms with van der Waals surface area (Å²) < 4.78 is 5.40. The number of nitrogens with zero attached hydrogens (tertiary/aromatic N) is 2. The molecule has 1 rings (SSSR count). The van der Waals surface area contributed by atoms with Gasteiger partial charge in [0.15, 0.2) is 0 Å². The number of hydrogen-bond donors (Lipinski definition) is 2. The summed E-state index contributed by atoms with van der Waals surface area (Å²) in [7, 11) is 1.53. The second kappa shape index (κ2) is 14.2. The van der Waals surface area contributed by atoms with Crippen LogP contribution in [-0.2, 0) is 0 Å². The van der Waals surface area contributed by atoms with Crippen molar-refractivity contribution in [2.45, 2.75) is 20.8 Å². The van der Waals surface area contributed by atoms with Crippen molar-refractivity contribution < 1.29 is 39.1 Å². The molecule has 1 amide bonds. The summed E-state index contributed by atoms with van der Waals surface area (Å²) in [6.45, 7) is 8.11. The topological polar surface area (TPSA) is 58.8 Å². The third-order valence-corrected chi connectivity index (χ3v) is 3.15. The van der Waals surface area contributed by atoms with Crippen molar-refractivity contribution in [1.82, 2.24) is 10.0 Å². The molecule has 0 saturated heterocycles. The Labute approximate surface area is 182 Å². The number of thiol groups is 1. The number of hydrazine groups is 1. The fourth-order valence-electron chi connectivity index (χ4n) is 1.96. The van der Waals surface area contributed by atoms with E-state index in [0.717, 1.165) is 13.1 Å². The molecular formula is C15H23ClN3NaO2S2. The number of carbonyl (C=O) groups excluding carboxylic acids is 1. The predicted octanol–water partition coefficient (Wildman–Crippen LogP) is 0.0315. The van der Waals surface area contributed by atoms with Gasteiger partial charge < -0.3 is 10.5 Å². The minimum absolute atomic E-state index is 0. The molecule has 5 nitrogen and oxygen atoms in total. The second-order valence-electron chi connectivity index (χ2n) is 4.26. The Morgan fingerprint density at radius 3 is 2.25 bits per heavy atom. The van der Waals surface area contributed by atoms with Gasteiger partial charge in [0, 0.05) is 25.4 Å². The summed E-state index contributed by atoms with van der Waals surface area (Å²) >= 11 is 13.6. The van der Waals surface area contributed by atoms with Gasteiger partial charge in [-0.1, -0.05) is 31.1 Å². The molecule has 0 unspecified atom stereocenters. The number of amides is 1. The van der Waals surface area contributed by atoms with E-state index in [-0.39, 0.29) is 39.8 Å². The first-order chi connectivity index (χ1) is 10.8. The molecular weight excluding hydrogens is 377 g/mol. The van der Waals surface area contributed by atoms with Crippen LogP contribution in [0, 0.1) is 6.07 Å². The molecule has 1 aromatic rings.